The Morgan fingerprint density at radius 1 is 1.06 bits per heavy atom. The Hall–Kier alpha value is -2.79. The van der Waals surface area contributed by atoms with Gasteiger partial charge in [0.1, 0.15) is 18.2 Å². The molecule has 0 radical (unpaired) electrons. The van der Waals surface area contributed by atoms with Crippen molar-refractivity contribution in [3.05, 3.63) is 72.9 Å². The number of aliphatic hydroxyl groups excluding tert-OH is 1. The predicted octanol–water partition coefficient (Wildman–Crippen LogP) is 5.34. The van der Waals surface area contributed by atoms with Crippen molar-refractivity contribution < 1.29 is 24.2 Å². The third kappa shape index (κ3) is 11.9. The van der Waals surface area contributed by atoms with Crippen LogP contribution in [-0.2, 0) is 19.1 Å². The second-order valence-electron chi connectivity index (χ2n) is 9.15. The van der Waals surface area contributed by atoms with Gasteiger partial charge in [-0.05, 0) is 43.3 Å². The molecule has 1 heterocycles. The number of ketones is 1. The highest BCUT2D eigenvalue weighted by Crippen LogP contribution is 2.20. The number of cyclic esters (lactones) is 1. The minimum absolute atomic E-state index is 0.0370. The Labute approximate surface area is 204 Å². The Balaban J connectivity index is 2.43. The standard InChI is InChI=1S/C29H40O5/c1-22(13-8-9-16-27-24(3)17-18-28(32)34-27)12-6-5-7-15-26(21-31)29(33)25(4)20-23(2)14-10-11-19-30/h5-11,13,15-19,22-27,31H,12,14,20-21H2,1-4H3. The molecule has 0 aromatic heterocycles. The molecule has 0 saturated carbocycles. The number of aldehydes is 1. The fourth-order valence-electron chi connectivity index (χ4n) is 3.70. The van der Waals surface area contributed by atoms with Crippen LogP contribution in [0.3, 0.4) is 0 Å². The molecule has 0 fully saturated rings. The van der Waals surface area contributed by atoms with E-state index in [-0.39, 0.29) is 36.3 Å². The number of aliphatic hydroxyl groups is 1. The Kier molecular flexibility index (Phi) is 14.4. The minimum Gasteiger partial charge on any atom is -0.454 e. The number of Topliss-reactive ketones (excluding diaryl/α,β-unsaturated/α-hetero) is 1. The quantitative estimate of drug-likeness (QED) is 0.152. The molecule has 0 aliphatic carbocycles. The van der Waals surface area contributed by atoms with Crippen molar-refractivity contribution in [1.29, 1.82) is 0 Å². The van der Waals surface area contributed by atoms with Gasteiger partial charge < -0.3 is 9.84 Å². The fourth-order valence-corrected chi connectivity index (χ4v) is 3.70. The van der Waals surface area contributed by atoms with E-state index in [0.717, 1.165) is 25.5 Å². The van der Waals surface area contributed by atoms with E-state index in [0.29, 0.717) is 11.8 Å². The van der Waals surface area contributed by atoms with Crippen LogP contribution < -0.4 is 0 Å². The fraction of sp³-hybridized carbons (Fsp3) is 0.483. The second-order valence-corrected chi connectivity index (χ2v) is 9.15. The molecule has 0 bridgehead atoms. The monoisotopic (exact) mass is 468 g/mol. The summed E-state index contributed by atoms with van der Waals surface area (Å²) < 4.78 is 5.27. The van der Waals surface area contributed by atoms with Crippen molar-refractivity contribution in [3.63, 3.8) is 0 Å². The summed E-state index contributed by atoms with van der Waals surface area (Å²) in [6.07, 6.45) is 24.8. The van der Waals surface area contributed by atoms with Gasteiger partial charge in [-0.25, -0.2) is 4.79 Å². The maximum absolute atomic E-state index is 12.7. The third-order valence-electron chi connectivity index (χ3n) is 5.81. The first-order valence-electron chi connectivity index (χ1n) is 12.1. The zero-order chi connectivity index (χ0) is 25.3. The van der Waals surface area contributed by atoms with Crippen LogP contribution in [0.1, 0.15) is 47.0 Å². The van der Waals surface area contributed by atoms with Crippen LogP contribution in [0.4, 0.5) is 0 Å². The van der Waals surface area contributed by atoms with Crippen LogP contribution in [0.25, 0.3) is 0 Å². The van der Waals surface area contributed by atoms with Gasteiger partial charge in [0.05, 0.1) is 12.5 Å². The van der Waals surface area contributed by atoms with E-state index < -0.39 is 5.92 Å². The normalized spacial score (nSPS) is 22.7. The lowest BCUT2D eigenvalue weighted by molar-refractivity contribution is -0.143. The van der Waals surface area contributed by atoms with E-state index in [9.17, 15) is 19.5 Å². The maximum atomic E-state index is 12.7. The third-order valence-corrected chi connectivity index (χ3v) is 5.81. The van der Waals surface area contributed by atoms with Crippen molar-refractivity contribution in [2.75, 3.05) is 6.61 Å². The lowest BCUT2D eigenvalue weighted by Gasteiger charge is -2.21. The molecule has 0 aromatic rings. The topological polar surface area (TPSA) is 80.7 Å². The number of carbonyl (C=O) groups is 3. The van der Waals surface area contributed by atoms with Crippen molar-refractivity contribution in [2.45, 2.75) is 53.1 Å². The SMILES string of the molecule is CC(C=CC=CC1OC(=O)C=CC1C)CC=CC=CC(CO)C(=O)C(C)CC(C)CC=CC=O. The van der Waals surface area contributed by atoms with E-state index in [1.54, 1.807) is 6.08 Å². The number of carbonyl (C=O) groups excluding carboxylic acids is 3. The van der Waals surface area contributed by atoms with Crippen LogP contribution in [0.5, 0.6) is 0 Å². The zero-order valence-electron chi connectivity index (χ0n) is 20.9. The Morgan fingerprint density at radius 3 is 2.47 bits per heavy atom. The van der Waals surface area contributed by atoms with Crippen molar-refractivity contribution in [1.82, 2.24) is 0 Å². The average Bonchev–Trinajstić information content (AvgIpc) is 2.81. The highest BCUT2D eigenvalue weighted by molar-refractivity contribution is 5.85. The number of esters is 1. The summed E-state index contributed by atoms with van der Waals surface area (Å²) in [6, 6.07) is 0. The first-order chi connectivity index (χ1) is 16.3. The van der Waals surface area contributed by atoms with Gasteiger partial charge >= 0.3 is 5.97 Å². The van der Waals surface area contributed by atoms with Crippen LogP contribution >= 0.6 is 0 Å². The Morgan fingerprint density at radius 2 is 1.76 bits per heavy atom. The first-order valence-corrected chi connectivity index (χ1v) is 12.1. The van der Waals surface area contributed by atoms with Gasteiger partial charge in [-0.2, -0.15) is 0 Å². The summed E-state index contributed by atoms with van der Waals surface area (Å²) in [5.41, 5.74) is 0. The molecule has 0 amide bonds. The summed E-state index contributed by atoms with van der Waals surface area (Å²) >= 11 is 0. The zero-order valence-corrected chi connectivity index (χ0v) is 20.9. The molecular weight excluding hydrogens is 428 g/mol. The van der Waals surface area contributed by atoms with Gasteiger partial charge in [0.2, 0.25) is 0 Å². The van der Waals surface area contributed by atoms with E-state index in [4.69, 9.17) is 4.74 Å². The number of hydrogen-bond acceptors (Lipinski definition) is 5. The summed E-state index contributed by atoms with van der Waals surface area (Å²) in [6.45, 7) is 7.86. The minimum atomic E-state index is -0.508. The highest BCUT2D eigenvalue weighted by Gasteiger charge is 2.22. The lowest BCUT2D eigenvalue weighted by Crippen LogP contribution is -2.25. The van der Waals surface area contributed by atoms with Gasteiger partial charge in [0, 0.05) is 17.9 Å². The Bertz CT molecular complexity index is 814. The highest BCUT2D eigenvalue weighted by atomic mass is 16.5. The van der Waals surface area contributed by atoms with Crippen LogP contribution in [0, 0.1) is 29.6 Å². The molecule has 0 spiro atoms. The molecule has 6 atom stereocenters. The summed E-state index contributed by atoms with van der Waals surface area (Å²) in [5.74, 6) is -0.145. The summed E-state index contributed by atoms with van der Waals surface area (Å²) in [7, 11) is 0. The molecule has 34 heavy (non-hydrogen) atoms. The molecule has 1 rings (SSSR count). The first kappa shape index (κ1) is 29.2. The predicted molar refractivity (Wildman–Crippen MR) is 137 cm³/mol. The molecule has 5 heteroatoms. The van der Waals surface area contributed by atoms with Gasteiger partial charge in [-0.15, -0.1) is 0 Å². The molecule has 5 nitrogen and oxygen atoms in total. The molecule has 1 aliphatic heterocycles. The largest absolute Gasteiger partial charge is 0.454 e. The molecule has 0 aromatic carbocycles. The van der Waals surface area contributed by atoms with Gasteiger partial charge in [0.15, 0.2) is 0 Å². The maximum Gasteiger partial charge on any atom is 0.331 e. The van der Waals surface area contributed by atoms with Gasteiger partial charge in [-0.3, -0.25) is 9.59 Å². The van der Waals surface area contributed by atoms with Crippen LogP contribution in [-0.4, -0.2) is 35.9 Å². The number of ether oxygens (including phenoxy) is 1. The van der Waals surface area contributed by atoms with E-state index in [2.05, 4.69) is 19.9 Å². The molecular formula is C29H40O5. The lowest BCUT2D eigenvalue weighted by atomic mass is 9.86. The molecule has 186 valence electrons. The molecule has 6 unspecified atom stereocenters. The van der Waals surface area contributed by atoms with E-state index in [1.165, 1.54) is 12.2 Å². The second kappa shape index (κ2) is 16.8. The molecule has 1 N–H and O–H groups in total. The number of rotatable bonds is 15. The smallest absolute Gasteiger partial charge is 0.331 e. The molecule has 0 saturated heterocycles. The van der Waals surface area contributed by atoms with Gasteiger partial charge in [-0.1, -0.05) is 82.4 Å². The average molecular weight is 469 g/mol. The van der Waals surface area contributed by atoms with Crippen molar-refractivity contribution in [2.24, 2.45) is 29.6 Å². The number of hydrogen-bond donors (Lipinski definition) is 1. The van der Waals surface area contributed by atoms with Crippen LogP contribution in [0.2, 0.25) is 0 Å². The van der Waals surface area contributed by atoms with Crippen molar-refractivity contribution in [3.8, 4) is 0 Å². The summed E-state index contributed by atoms with van der Waals surface area (Å²) in [5, 5.41) is 9.65. The van der Waals surface area contributed by atoms with Crippen molar-refractivity contribution >= 4 is 18.0 Å². The van der Waals surface area contributed by atoms with E-state index >= 15 is 0 Å². The van der Waals surface area contributed by atoms with Gasteiger partial charge in [0.25, 0.3) is 0 Å². The molecule has 1 aliphatic rings. The van der Waals surface area contributed by atoms with E-state index in [1.807, 2.05) is 62.5 Å². The van der Waals surface area contributed by atoms with Crippen LogP contribution in [0.15, 0.2) is 72.9 Å². The number of allylic oxidation sites excluding steroid dienone is 8. The summed E-state index contributed by atoms with van der Waals surface area (Å²) in [4.78, 5) is 34.3.